The van der Waals surface area contributed by atoms with Crippen LogP contribution in [0.5, 0.6) is 0 Å². The Kier molecular flexibility index (Phi) is 7.21. The molecule has 0 spiro atoms. The molecule has 30 heavy (non-hydrogen) atoms. The van der Waals surface area contributed by atoms with Gasteiger partial charge < -0.3 is 19.5 Å². The van der Waals surface area contributed by atoms with E-state index >= 15 is 0 Å². The van der Waals surface area contributed by atoms with Crippen molar-refractivity contribution in [1.29, 1.82) is 0 Å². The molecule has 1 aliphatic heterocycles. The van der Waals surface area contributed by atoms with E-state index in [1.54, 1.807) is 23.7 Å². The number of aryl methyl sites for hydroxylation is 1. The lowest BCUT2D eigenvalue weighted by molar-refractivity contribution is -0.192. The molecule has 3 heterocycles. The largest absolute Gasteiger partial charge is 0.490 e. The Balaban J connectivity index is 0.000000318. The summed E-state index contributed by atoms with van der Waals surface area (Å²) in [5, 5.41) is 10.3. The SMILES string of the molecule is Cc1nc(CO[C@@H]2CC[C@H]3[C@H]2OCCN3c2ncccn2)cs1.O=C(O)C(F)(F)F. The monoisotopic (exact) mass is 446 g/mol. The lowest BCUT2D eigenvalue weighted by Crippen LogP contribution is -2.52. The molecule has 2 aromatic heterocycles. The lowest BCUT2D eigenvalue weighted by Gasteiger charge is -2.38. The van der Waals surface area contributed by atoms with E-state index in [2.05, 4.69) is 25.2 Å². The van der Waals surface area contributed by atoms with Crippen molar-refractivity contribution in [2.45, 2.75) is 50.8 Å². The molecule has 0 bridgehead atoms. The molecule has 164 valence electrons. The Morgan fingerprint density at radius 3 is 2.67 bits per heavy atom. The minimum absolute atomic E-state index is 0.0901. The first-order chi connectivity index (χ1) is 14.3. The van der Waals surface area contributed by atoms with Gasteiger partial charge in [0, 0.05) is 24.3 Å². The van der Waals surface area contributed by atoms with Crippen LogP contribution in [-0.4, -0.2) is 63.6 Å². The van der Waals surface area contributed by atoms with Crippen molar-refractivity contribution in [2.24, 2.45) is 0 Å². The van der Waals surface area contributed by atoms with E-state index in [0.29, 0.717) is 19.3 Å². The zero-order valence-electron chi connectivity index (χ0n) is 16.1. The van der Waals surface area contributed by atoms with Crippen LogP contribution in [0, 0.1) is 6.92 Å². The maximum absolute atomic E-state index is 10.6. The van der Waals surface area contributed by atoms with Crippen molar-refractivity contribution < 1.29 is 32.5 Å². The first-order valence-corrected chi connectivity index (χ1v) is 10.1. The maximum Gasteiger partial charge on any atom is 0.490 e. The van der Waals surface area contributed by atoms with Crippen molar-refractivity contribution in [3.05, 3.63) is 34.5 Å². The molecule has 0 aromatic carbocycles. The van der Waals surface area contributed by atoms with Crippen LogP contribution in [0.4, 0.5) is 19.1 Å². The van der Waals surface area contributed by atoms with Gasteiger partial charge >= 0.3 is 12.1 Å². The summed E-state index contributed by atoms with van der Waals surface area (Å²) in [6, 6.07) is 2.14. The Hall–Kier alpha value is -2.31. The molecule has 1 saturated heterocycles. The second kappa shape index (κ2) is 9.67. The quantitative estimate of drug-likeness (QED) is 0.766. The normalized spacial score (nSPS) is 23.5. The number of alkyl halides is 3. The molecule has 1 N–H and O–H groups in total. The van der Waals surface area contributed by atoms with E-state index in [1.807, 2.05) is 13.0 Å². The van der Waals surface area contributed by atoms with Crippen molar-refractivity contribution in [1.82, 2.24) is 15.0 Å². The highest BCUT2D eigenvalue weighted by Gasteiger charge is 2.44. The van der Waals surface area contributed by atoms with Gasteiger partial charge in [-0.15, -0.1) is 11.3 Å². The molecule has 8 nitrogen and oxygen atoms in total. The first-order valence-electron chi connectivity index (χ1n) is 9.23. The van der Waals surface area contributed by atoms with Crippen LogP contribution in [0.3, 0.4) is 0 Å². The molecule has 12 heteroatoms. The number of fused-ring (bicyclic) bond motifs is 1. The van der Waals surface area contributed by atoms with Crippen molar-refractivity contribution in [2.75, 3.05) is 18.1 Å². The number of aliphatic carboxylic acids is 1. The summed E-state index contributed by atoms with van der Waals surface area (Å²) in [5.74, 6) is -1.96. The lowest BCUT2D eigenvalue weighted by atomic mass is 10.1. The zero-order chi connectivity index (χ0) is 21.7. The topological polar surface area (TPSA) is 97.7 Å². The first kappa shape index (κ1) is 22.4. The minimum atomic E-state index is -5.08. The fourth-order valence-electron chi connectivity index (χ4n) is 3.45. The second-order valence-electron chi connectivity index (χ2n) is 6.73. The average molecular weight is 446 g/mol. The number of hydrogen-bond donors (Lipinski definition) is 1. The number of nitrogens with zero attached hydrogens (tertiary/aromatic N) is 4. The third-order valence-electron chi connectivity index (χ3n) is 4.70. The number of aromatic nitrogens is 3. The van der Waals surface area contributed by atoms with Gasteiger partial charge in [-0.3, -0.25) is 0 Å². The fraction of sp³-hybridized carbons (Fsp3) is 0.556. The van der Waals surface area contributed by atoms with Crippen LogP contribution < -0.4 is 4.90 Å². The summed E-state index contributed by atoms with van der Waals surface area (Å²) >= 11 is 1.66. The molecule has 0 radical (unpaired) electrons. The predicted molar refractivity (Wildman–Crippen MR) is 101 cm³/mol. The second-order valence-corrected chi connectivity index (χ2v) is 7.79. The minimum Gasteiger partial charge on any atom is -0.475 e. The van der Waals surface area contributed by atoms with Crippen LogP contribution in [-0.2, 0) is 20.9 Å². The molecule has 2 aliphatic rings. The highest BCUT2D eigenvalue weighted by atomic mass is 32.1. The van der Waals surface area contributed by atoms with Gasteiger partial charge in [-0.1, -0.05) is 0 Å². The van der Waals surface area contributed by atoms with Gasteiger partial charge in [-0.2, -0.15) is 13.2 Å². The van der Waals surface area contributed by atoms with E-state index in [0.717, 1.165) is 36.0 Å². The summed E-state index contributed by atoms with van der Waals surface area (Å²) < 4.78 is 43.9. The van der Waals surface area contributed by atoms with Crippen molar-refractivity contribution in [3.63, 3.8) is 0 Å². The van der Waals surface area contributed by atoms with E-state index in [4.69, 9.17) is 19.4 Å². The van der Waals surface area contributed by atoms with E-state index in [-0.39, 0.29) is 12.2 Å². The standard InChI is InChI=1S/C16H20N4O2S.C2HF3O2/c1-11-19-12(10-23-11)9-22-14-4-3-13-15(14)21-8-7-20(13)16-17-5-2-6-18-16;3-2(4,5)1(6)7/h2,5-6,10,13-15H,3-4,7-9H2,1H3;(H,6,7)/t13-,14+,15+;/m0./s1. The average Bonchev–Trinajstić information content (AvgIpc) is 3.32. The van der Waals surface area contributed by atoms with Gasteiger partial charge in [0.1, 0.15) is 6.10 Å². The van der Waals surface area contributed by atoms with Crippen LogP contribution >= 0.6 is 11.3 Å². The Bertz CT molecular complexity index is 836. The van der Waals surface area contributed by atoms with Crippen LogP contribution in [0.25, 0.3) is 0 Å². The fourth-order valence-corrected chi connectivity index (χ4v) is 4.05. The van der Waals surface area contributed by atoms with Gasteiger partial charge in [-0.25, -0.2) is 19.7 Å². The third-order valence-corrected chi connectivity index (χ3v) is 5.52. The van der Waals surface area contributed by atoms with Gasteiger partial charge in [0.2, 0.25) is 5.95 Å². The number of morpholine rings is 1. The van der Waals surface area contributed by atoms with Gasteiger partial charge in [0.15, 0.2) is 0 Å². The molecule has 2 fully saturated rings. The van der Waals surface area contributed by atoms with Crippen LogP contribution in [0.15, 0.2) is 23.8 Å². The number of carboxylic acids is 1. The maximum atomic E-state index is 10.6. The summed E-state index contributed by atoms with van der Waals surface area (Å²) in [5.41, 5.74) is 1.01. The molecule has 1 aliphatic carbocycles. The Morgan fingerprint density at radius 2 is 2.07 bits per heavy atom. The third kappa shape index (κ3) is 5.64. The molecule has 0 amide bonds. The van der Waals surface area contributed by atoms with Crippen molar-refractivity contribution in [3.8, 4) is 0 Å². The number of carbonyl (C=O) groups is 1. The van der Waals surface area contributed by atoms with Gasteiger partial charge in [0.05, 0.1) is 36.1 Å². The number of anilines is 1. The summed E-state index contributed by atoms with van der Waals surface area (Å²) in [6.07, 6.45) is 0.757. The number of carboxylic acid groups (broad SMARTS) is 1. The highest BCUT2D eigenvalue weighted by molar-refractivity contribution is 7.09. The van der Waals surface area contributed by atoms with E-state index in [1.165, 1.54) is 0 Å². The predicted octanol–water partition coefficient (Wildman–Crippen LogP) is 2.83. The van der Waals surface area contributed by atoms with E-state index in [9.17, 15) is 13.2 Å². The zero-order valence-corrected chi connectivity index (χ0v) is 16.9. The molecular weight excluding hydrogens is 425 g/mol. The number of hydrogen-bond acceptors (Lipinski definition) is 8. The van der Waals surface area contributed by atoms with Crippen LogP contribution in [0.2, 0.25) is 0 Å². The van der Waals surface area contributed by atoms with Crippen LogP contribution in [0.1, 0.15) is 23.5 Å². The number of ether oxygens (including phenoxy) is 2. The molecule has 0 unspecified atom stereocenters. The molecule has 1 saturated carbocycles. The molecule has 3 atom stereocenters. The smallest absolute Gasteiger partial charge is 0.475 e. The summed E-state index contributed by atoms with van der Waals surface area (Å²) in [4.78, 5) is 24.4. The molecule has 2 aromatic rings. The summed E-state index contributed by atoms with van der Waals surface area (Å²) in [7, 11) is 0. The van der Waals surface area contributed by atoms with Crippen molar-refractivity contribution >= 4 is 23.3 Å². The molecular formula is C18H21F3N4O4S. The Labute approximate surface area is 174 Å². The molecule has 4 rings (SSSR count). The highest BCUT2D eigenvalue weighted by Crippen LogP contribution is 2.34. The summed E-state index contributed by atoms with van der Waals surface area (Å²) in [6.45, 7) is 4.10. The Morgan fingerprint density at radius 1 is 1.37 bits per heavy atom. The van der Waals surface area contributed by atoms with E-state index < -0.39 is 12.1 Å². The number of thiazole rings is 1. The number of rotatable bonds is 4. The van der Waals surface area contributed by atoms with Gasteiger partial charge in [0.25, 0.3) is 0 Å². The van der Waals surface area contributed by atoms with Gasteiger partial charge in [-0.05, 0) is 25.8 Å². The number of halogens is 3.